The maximum absolute atomic E-state index is 13.3. The topological polar surface area (TPSA) is 64.7 Å². The zero-order valence-electron chi connectivity index (χ0n) is 10.8. The van der Waals surface area contributed by atoms with E-state index in [4.69, 9.17) is 15.2 Å². The number of ether oxygens (including phenoxy) is 2. The van der Waals surface area contributed by atoms with Crippen molar-refractivity contribution in [3.8, 4) is 11.5 Å². The van der Waals surface area contributed by atoms with Gasteiger partial charge in [0.2, 0.25) is 0 Å². The Morgan fingerprint density at radius 2 is 1.65 bits per heavy atom. The molecule has 1 atom stereocenters. The first-order valence-corrected chi connectivity index (χ1v) is 6.19. The lowest BCUT2D eigenvalue weighted by Gasteiger charge is -2.14. The summed E-state index contributed by atoms with van der Waals surface area (Å²) in [6.45, 7) is 0.00821. The maximum Gasteiger partial charge on any atom is 0.165 e. The first-order valence-electron chi connectivity index (χ1n) is 6.19. The molecule has 2 aromatic carbocycles. The van der Waals surface area contributed by atoms with E-state index < -0.39 is 11.9 Å². The van der Waals surface area contributed by atoms with Crippen LogP contribution >= 0.6 is 0 Å². The molecule has 2 rings (SSSR count). The summed E-state index contributed by atoms with van der Waals surface area (Å²) in [5.41, 5.74) is 6.19. The van der Waals surface area contributed by atoms with Gasteiger partial charge in [-0.25, -0.2) is 4.39 Å². The Morgan fingerprint density at radius 1 is 1.00 bits per heavy atom. The van der Waals surface area contributed by atoms with Gasteiger partial charge in [-0.15, -0.1) is 0 Å². The van der Waals surface area contributed by atoms with Crippen LogP contribution in [-0.4, -0.2) is 24.4 Å². The van der Waals surface area contributed by atoms with Gasteiger partial charge in [0.1, 0.15) is 25.1 Å². The summed E-state index contributed by atoms with van der Waals surface area (Å²) in [5.74, 6) is 0.252. The number of aliphatic hydroxyl groups is 1. The van der Waals surface area contributed by atoms with Crippen LogP contribution in [0.2, 0.25) is 0 Å². The zero-order chi connectivity index (χ0) is 14.4. The van der Waals surface area contributed by atoms with Crippen molar-refractivity contribution in [3.05, 3.63) is 54.3 Å². The predicted octanol–water partition coefficient (Wildman–Crippen LogP) is 2.23. The van der Waals surface area contributed by atoms with Gasteiger partial charge < -0.3 is 20.3 Å². The third-order valence-electron chi connectivity index (χ3n) is 2.59. The van der Waals surface area contributed by atoms with Crippen molar-refractivity contribution < 1.29 is 19.0 Å². The molecule has 4 nitrogen and oxygen atoms in total. The molecule has 0 aliphatic heterocycles. The smallest absolute Gasteiger partial charge is 0.165 e. The average molecular weight is 277 g/mol. The standard InChI is InChI=1S/C15H16FNO3/c16-14-3-1-2-4-15(14)20-10-12(18)9-19-13-7-5-11(17)6-8-13/h1-8,12,18H,9-10,17H2. The number of nitrogen functional groups attached to an aromatic ring is 1. The molecule has 5 heteroatoms. The van der Waals surface area contributed by atoms with Crippen molar-refractivity contribution in [2.45, 2.75) is 6.10 Å². The van der Waals surface area contributed by atoms with Crippen LogP contribution < -0.4 is 15.2 Å². The summed E-state index contributed by atoms with van der Waals surface area (Å²) < 4.78 is 23.8. The van der Waals surface area contributed by atoms with Gasteiger partial charge in [0, 0.05) is 5.69 Å². The van der Waals surface area contributed by atoms with E-state index in [1.807, 2.05) is 0 Å². The molecule has 3 N–H and O–H groups in total. The highest BCUT2D eigenvalue weighted by molar-refractivity contribution is 5.41. The summed E-state index contributed by atoms with van der Waals surface area (Å²) in [4.78, 5) is 0. The number of benzene rings is 2. The van der Waals surface area contributed by atoms with E-state index in [0.717, 1.165) is 0 Å². The van der Waals surface area contributed by atoms with E-state index in [2.05, 4.69) is 0 Å². The highest BCUT2D eigenvalue weighted by Crippen LogP contribution is 2.16. The van der Waals surface area contributed by atoms with Gasteiger partial charge in [0.25, 0.3) is 0 Å². The number of aliphatic hydroxyl groups excluding tert-OH is 1. The molecule has 0 saturated heterocycles. The maximum atomic E-state index is 13.3. The zero-order valence-corrected chi connectivity index (χ0v) is 10.8. The van der Waals surface area contributed by atoms with Gasteiger partial charge in [0.05, 0.1) is 0 Å². The van der Waals surface area contributed by atoms with Crippen LogP contribution in [0.25, 0.3) is 0 Å². The molecule has 0 saturated carbocycles. The van der Waals surface area contributed by atoms with Gasteiger partial charge in [-0.05, 0) is 36.4 Å². The molecular weight excluding hydrogens is 261 g/mol. The van der Waals surface area contributed by atoms with Crippen LogP contribution in [0.1, 0.15) is 0 Å². The molecule has 0 fully saturated rings. The Balaban J connectivity index is 1.77. The lowest BCUT2D eigenvalue weighted by Crippen LogP contribution is -2.25. The lowest BCUT2D eigenvalue weighted by atomic mass is 10.3. The quantitative estimate of drug-likeness (QED) is 0.795. The van der Waals surface area contributed by atoms with Crippen LogP contribution in [0.4, 0.5) is 10.1 Å². The molecule has 106 valence electrons. The molecule has 0 radical (unpaired) electrons. The molecule has 0 aliphatic carbocycles. The molecule has 20 heavy (non-hydrogen) atoms. The molecule has 0 aliphatic rings. The first-order chi connectivity index (χ1) is 9.65. The molecule has 0 spiro atoms. The molecule has 0 aromatic heterocycles. The van der Waals surface area contributed by atoms with E-state index in [1.54, 1.807) is 36.4 Å². The Kier molecular flexibility index (Phi) is 4.79. The molecule has 0 bridgehead atoms. The molecule has 0 amide bonds. The Bertz CT molecular complexity index is 545. The van der Waals surface area contributed by atoms with Crippen LogP contribution in [0.3, 0.4) is 0 Å². The number of hydrogen-bond donors (Lipinski definition) is 2. The van der Waals surface area contributed by atoms with Crippen LogP contribution in [0.5, 0.6) is 11.5 Å². The second-order valence-electron chi connectivity index (χ2n) is 4.28. The number of hydrogen-bond acceptors (Lipinski definition) is 4. The van der Waals surface area contributed by atoms with Gasteiger partial charge in [-0.1, -0.05) is 12.1 Å². The van der Waals surface area contributed by atoms with Crippen molar-refractivity contribution in [3.63, 3.8) is 0 Å². The van der Waals surface area contributed by atoms with Crippen LogP contribution in [0.15, 0.2) is 48.5 Å². The summed E-state index contributed by atoms with van der Waals surface area (Å²) in [6, 6.07) is 12.9. The van der Waals surface area contributed by atoms with Crippen molar-refractivity contribution in [1.29, 1.82) is 0 Å². The van der Waals surface area contributed by atoms with Gasteiger partial charge in [0.15, 0.2) is 11.6 Å². The first kappa shape index (κ1) is 14.1. The summed E-state index contributed by atoms with van der Waals surface area (Å²) >= 11 is 0. The summed E-state index contributed by atoms with van der Waals surface area (Å²) in [7, 11) is 0. The Morgan fingerprint density at radius 3 is 2.35 bits per heavy atom. The average Bonchev–Trinajstić information content (AvgIpc) is 2.46. The van der Waals surface area contributed by atoms with Crippen LogP contribution in [-0.2, 0) is 0 Å². The van der Waals surface area contributed by atoms with E-state index in [-0.39, 0.29) is 19.0 Å². The lowest BCUT2D eigenvalue weighted by molar-refractivity contribution is 0.0613. The van der Waals surface area contributed by atoms with E-state index in [9.17, 15) is 9.50 Å². The molecule has 0 heterocycles. The fraction of sp³-hybridized carbons (Fsp3) is 0.200. The Labute approximate surface area is 116 Å². The second-order valence-corrected chi connectivity index (χ2v) is 4.28. The highest BCUT2D eigenvalue weighted by atomic mass is 19.1. The fourth-order valence-corrected chi connectivity index (χ4v) is 1.55. The molecule has 2 aromatic rings. The SMILES string of the molecule is Nc1ccc(OCC(O)COc2ccccc2F)cc1. The highest BCUT2D eigenvalue weighted by Gasteiger charge is 2.08. The number of para-hydroxylation sites is 1. The second kappa shape index (κ2) is 6.77. The van der Waals surface area contributed by atoms with Gasteiger partial charge >= 0.3 is 0 Å². The third kappa shape index (κ3) is 4.13. The third-order valence-corrected chi connectivity index (χ3v) is 2.59. The largest absolute Gasteiger partial charge is 0.491 e. The molecular formula is C15H16FNO3. The summed E-state index contributed by atoms with van der Waals surface area (Å²) in [5, 5.41) is 9.72. The minimum Gasteiger partial charge on any atom is -0.491 e. The van der Waals surface area contributed by atoms with Crippen molar-refractivity contribution >= 4 is 5.69 Å². The minimum atomic E-state index is -0.854. The monoisotopic (exact) mass is 277 g/mol. The van der Waals surface area contributed by atoms with Crippen molar-refractivity contribution in [2.75, 3.05) is 18.9 Å². The number of nitrogens with two attached hydrogens (primary N) is 1. The predicted molar refractivity (Wildman–Crippen MR) is 74.3 cm³/mol. The number of rotatable bonds is 6. The summed E-state index contributed by atoms with van der Waals surface area (Å²) in [6.07, 6.45) is -0.854. The number of halogens is 1. The van der Waals surface area contributed by atoms with E-state index in [1.165, 1.54) is 12.1 Å². The normalized spacial score (nSPS) is 11.9. The van der Waals surface area contributed by atoms with Gasteiger partial charge in [-0.2, -0.15) is 0 Å². The van der Waals surface area contributed by atoms with E-state index >= 15 is 0 Å². The van der Waals surface area contributed by atoms with Crippen molar-refractivity contribution in [1.82, 2.24) is 0 Å². The number of anilines is 1. The fourth-order valence-electron chi connectivity index (χ4n) is 1.55. The molecule has 1 unspecified atom stereocenters. The Hall–Kier alpha value is -2.27. The van der Waals surface area contributed by atoms with Crippen LogP contribution in [0, 0.1) is 5.82 Å². The van der Waals surface area contributed by atoms with Crippen molar-refractivity contribution in [2.24, 2.45) is 0 Å². The minimum absolute atomic E-state index is 0.0457. The van der Waals surface area contributed by atoms with Gasteiger partial charge in [-0.3, -0.25) is 0 Å². The van der Waals surface area contributed by atoms with E-state index in [0.29, 0.717) is 11.4 Å².